The second kappa shape index (κ2) is 9.59. The number of ether oxygens (including phenoxy) is 1. The Morgan fingerprint density at radius 2 is 1.56 bits per heavy atom. The second-order valence-electron chi connectivity index (χ2n) is 5.90. The third-order valence-electron chi connectivity index (χ3n) is 3.89. The molecule has 0 radical (unpaired) electrons. The number of carboxylic acids is 1. The average molecular weight is 341 g/mol. The molecular weight excluding hydrogens is 318 g/mol. The van der Waals surface area contributed by atoms with E-state index in [4.69, 9.17) is 9.84 Å². The Morgan fingerprint density at radius 3 is 2.12 bits per heavy atom. The standard InChI is InChI=1S/C20H23NO4/c1-15(19(22)23)21-18(13-12-16-8-4-2-5-9-16)20(24)25-14-17-10-6-3-7-11-17/h2-11,15,18,21H,12-14H2,1H3,(H,22,23)/t15-,18-/m0/s1. The molecule has 5 heteroatoms. The minimum Gasteiger partial charge on any atom is -0.480 e. The van der Waals surface area contributed by atoms with Crippen molar-refractivity contribution in [2.45, 2.75) is 38.5 Å². The lowest BCUT2D eigenvalue weighted by Gasteiger charge is -2.20. The van der Waals surface area contributed by atoms with E-state index in [2.05, 4.69) is 5.32 Å². The summed E-state index contributed by atoms with van der Waals surface area (Å²) in [5.74, 6) is -1.44. The number of aliphatic carboxylic acids is 1. The Labute approximate surface area is 147 Å². The number of hydrogen-bond donors (Lipinski definition) is 2. The fourth-order valence-corrected chi connectivity index (χ4v) is 2.43. The summed E-state index contributed by atoms with van der Waals surface area (Å²) in [7, 11) is 0. The molecule has 2 aromatic rings. The molecule has 0 amide bonds. The summed E-state index contributed by atoms with van der Waals surface area (Å²) in [6.45, 7) is 1.69. The van der Waals surface area contributed by atoms with Crippen molar-refractivity contribution in [3.63, 3.8) is 0 Å². The first-order chi connectivity index (χ1) is 12.1. The van der Waals surface area contributed by atoms with E-state index in [-0.39, 0.29) is 6.61 Å². The molecule has 25 heavy (non-hydrogen) atoms. The Morgan fingerprint density at radius 1 is 1.00 bits per heavy atom. The summed E-state index contributed by atoms with van der Waals surface area (Å²) >= 11 is 0. The first-order valence-corrected chi connectivity index (χ1v) is 8.29. The molecular formula is C20H23NO4. The maximum absolute atomic E-state index is 12.4. The van der Waals surface area contributed by atoms with Crippen LogP contribution in [0, 0.1) is 0 Å². The highest BCUT2D eigenvalue weighted by Gasteiger charge is 2.24. The summed E-state index contributed by atoms with van der Waals surface area (Å²) in [6.07, 6.45) is 1.13. The number of benzene rings is 2. The zero-order chi connectivity index (χ0) is 18.1. The first-order valence-electron chi connectivity index (χ1n) is 8.29. The van der Waals surface area contributed by atoms with Crippen molar-refractivity contribution in [2.75, 3.05) is 0 Å². The summed E-state index contributed by atoms with van der Waals surface area (Å²) in [5, 5.41) is 11.9. The van der Waals surface area contributed by atoms with Gasteiger partial charge in [-0.05, 0) is 30.9 Å². The van der Waals surface area contributed by atoms with Gasteiger partial charge in [0.1, 0.15) is 18.7 Å². The summed E-state index contributed by atoms with van der Waals surface area (Å²) in [5.41, 5.74) is 1.98. The van der Waals surface area contributed by atoms with Gasteiger partial charge in [0.15, 0.2) is 0 Å². The van der Waals surface area contributed by atoms with Gasteiger partial charge in [0, 0.05) is 0 Å². The minimum atomic E-state index is -0.999. The molecule has 2 aromatic carbocycles. The van der Waals surface area contributed by atoms with Gasteiger partial charge in [-0.2, -0.15) is 0 Å². The van der Waals surface area contributed by atoms with Crippen LogP contribution >= 0.6 is 0 Å². The molecule has 2 rings (SSSR count). The minimum absolute atomic E-state index is 0.171. The van der Waals surface area contributed by atoms with Gasteiger partial charge >= 0.3 is 11.9 Å². The maximum Gasteiger partial charge on any atom is 0.323 e. The van der Waals surface area contributed by atoms with Crippen LogP contribution in [-0.4, -0.2) is 29.1 Å². The van der Waals surface area contributed by atoms with E-state index < -0.39 is 24.0 Å². The van der Waals surface area contributed by atoms with E-state index in [1.54, 1.807) is 0 Å². The number of esters is 1. The van der Waals surface area contributed by atoms with E-state index >= 15 is 0 Å². The van der Waals surface area contributed by atoms with Crippen molar-refractivity contribution in [1.82, 2.24) is 5.32 Å². The number of aryl methyl sites for hydroxylation is 1. The first kappa shape index (κ1) is 18.7. The second-order valence-corrected chi connectivity index (χ2v) is 5.90. The molecule has 5 nitrogen and oxygen atoms in total. The molecule has 0 aliphatic rings. The van der Waals surface area contributed by atoms with Gasteiger partial charge in [-0.15, -0.1) is 0 Å². The van der Waals surface area contributed by atoms with Crippen molar-refractivity contribution >= 4 is 11.9 Å². The molecule has 0 aromatic heterocycles. The van der Waals surface area contributed by atoms with Crippen LogP contribution in [0.2, 0.25) is 0 Å². The zero-order valence-electron chi connectivity index (χ0n) is 14.2. The van der Waals surface area contributed by atoms with E-state index in [0.717, 1.165) is 11.1 Å². The van der Waals surface area contributed by atoms with Crippen molar-refractivity contribution in [3.05, 3.63) is 71.8 Å². The number of carboxylic acid groups (broad SMARTS) is 1. The molecule has 0 saturated carbocycles. The summed E-state index contributed by atoms with van der Waals surface area (Å²) < 4.78 is 5.36. The SMILES string of the molecule is C[C@H](N[C@@H](CCc1ccccc1)C(=O)OCc1ccccc1)C(=O)O. The monoisotopic (exact) mass is 341 g/mol. The number of carbonyl (C=O) groups excluding carboxylic acids is 1. The molecule has 0 spiro atoms. The van der Waals surface area contributed by atoms with Gasteiger partial charge in [0.2, 0.25) is 0 Å². The maximum atomic E-state index is 12.4. The van der Waals surface area contributed by atoms with Crippen LogP contribution in [0.1, 0.15) is 24.5 Å². The van der Waals surface area contributed by atoms with Crippen LogP contribution in [0.15, 0.2) is 60.7 Å². The third-order valence-corrected chi connectivity index (χ3v) is 3.89. The Bertz CT molecular complexity index is 673. The highest BCUT2D eigenvalue weighted by Crippen LogP contribution is 2.09. The quantitative estimate of drug-likeness (QED) is 0.686. The number of hydrogen-bond acceptors (Lipinski definition) is 4. The van der Waals surface area contributed by atoms with Gasteiger partial charge in [0.05, 0.1) is 0 Å². The molecule has 0 saturated heterocycles. The molecule has 2 N–H and O–H groups in total. The highest BCUT2D eigenvalue weighted by atomic mass is 16.5. The predicted molar refractivity (Wildman–Crippen MR) is 95.0 cm³/mol. The van der Waals surface area contributed by atoms with Crippen LogP contribution in [0.25, 0.3) is 0 Å². The lowest BCUT2D eigenvalue weighted by Crippen LogP contribution is -2.46. The zero-order valence-corrected chi connectivity index (χ0v) is 14.2. The van der Waals surface area contributed by atoms with Crippen LogP contribution in [0.4, 0.5) is 0 Å². The fourth-order valence-electron chi connectivity index (χ4n) is 2.43. The molecule has 2 atom stereocenters. The smallest absolute Gasteiger partial charge is 0.323 e. The van der Waals surface area contributed by atoms with Gasteiger partial charge < -0.3 is 9.84 Å². The molecule has 132 valence electrons. The van der Waals surface area contributed by atoms with Gasteiger partial charge in [0.25, 0.3) is 0 Å². The van der Waals surface area contributed by atoms with Crippen molar-refractivity contribution in [3.8, 4) is 0 Å². The topological polar surface area (TPSA) is 75.6 Å². The largest absolute Gasteiger partial charge is 0.480 e. The predicted octanol–water partition coefficient (Wildman–Crippen LogP) is 2.79. The normalized spacial score (nSPS) is 13.0. The molecule has 0 bridgehead atoms. The van der Waals surface area contributed by atoms with Crippen LogP contribution < -0.4 is 5.32 Å². The molecule has 0 aliphatic carbocycles. The number of carbonyl (C=O) groups is 2. The highest BCUT2D eigenvalue weighted by molar-refractivity contribution is 5.78. The molecule has 0 aliphatic heterocycles. The lowest BCUT2D eigenvalue weighted by atomic mass is 10.0. The number of nitrogens with one attached hydrogen (secondary N) is 1. The number of rotatable bonds is 9. The molecule has 0 unspecified atom stereocenters. The summed E-state index contributed by atoms with van der Waals surface area (Å²) in [6, 6.07) is 17.7. The van der Waals surface area contributed by atoms with E-state index in [1.165, 1.54) is 6.92 Å². The fraction of sp³-hybridized carbons (Fsp3) is 0.300. The molecule has 0 fully saturated rings. The van der Waals surface area contributed by atoms with Crippen LogP contribution in [-0.2, 0) is 27.4 Å². The van der Waals surface area contributed by atoms with Crippen molar-refractivity contribution in [2.24, 2.45) is 0 Å². The van der Waals surface area contributed by atoms with E-state index in [0.29, 0.717) is 12.8 Å². The van der Waals surface area contributed by atoms with Crippen LogP contribution in [0.5, 0.6) is 0 Å². The van der Waals surface area contributed by atoms with Crippen molar-refractivity contribution < 1.29 is 19.4 Å². The average Bonchev–Trinajstić information content (AvgIpc) is 2.64. The summed E-state index contributed by atoms with van der Waals surface area (Å²) in [4.78, 5) is 23.5. The molecule has 0 heterocycles. The third kappa shape index (κ3) is 6.39. The Balaban J connectivity index is 1.96. The van der Waals surface area contributed by atoms with Gasteiger partial charge in [-0.1, -0.05) is 60.7 Å². The Hall–Kier alpha value is -2.66. The van der Waals surface area contributed by atoms with E-state index in [1.807, 2.05) is 60.7 Å². The van der Waals surface area contributed by atoms with Crippen LogP contribution in [0.3, 0.4) is 0 Å². The van der Waals surface area contributed by atoms with Crippen molar-refractivity contribution in [1.29, 1.82) is 0 Å². The van der Waals surface area contributed by atoms with E-state index in [9.17, 15) is 9.59 Å². The lowest BCUT2D eigenvalue weighted by molar-refractivity contribution is -0.148. The Kier molecular flexibility index (Phi) is 7.16. The van der Waals surface area contributed by atoms with Gasteiger partial charge in [-0.25, -0.2) is 0 Å². The van der Waals surface area contributed by atoms with Gasteiger partial charge in [-0.3, -0.25) is 14.9 Å².